The van der Waals surface area contributed by atoms with Crippen LogP contribution in [-0.2, 0) is 25.5 Å². The topological polar surface area (TPSA) is 92.8 Å². The van der Waals surface area contributed by atoms with Gasteiger partial charge in [-0.25, -0.2) is 16.8 Å². The molecule has 3 rings (SSSR count). The fraction of sp³-hybridized carbons (Fsp3) is 0.455. The molecule has 0 aliphatic carbocycles. The lowest BCUT2D eigenvalue weighted by atomic mass is 9.87. The lowest BCUT2D eigenvalue weighted by Crippen LogP contribution is -2.35. The van der Waals surface area contributed by atoms with Crippen molar-refractivity contribution in [2.75, 3.05) is 24.9 Å². The maximum absolute atomic E-state index is 13.2. The summed E-state index contributed by atoms with van der Waals surface area (Å²) in [5, 5.41) is 0. The lowest BCUT2D eigenvalue weighted by Gasteiger charge is -2.26. The average molecular weight is 467 g/mol. The van der Waals surface area contributed by atoms with Crippen molar-refractivity contribution in [3.05, 3.63) is 48.0 Å². The molecule has 1 fully saturated rings. The van der Waals surface area contributed by atoms with Crippen LogP contribution in [0.3, 0.4) is 0 Å². The van der Waals surface area contributed by atoms with E-state index in [-0.39, 0.29) is 26.6 Å². The van der Waals surface area contributed by atoms with Gasteiger partial charge in [0, 0.05) is 13.1 Å². The van der Waals surface area contributed by atoms with E-state index in [1.54, 1.807) is 24.3 Å². The molecule has 0 bridgehead atoms. The Balaban J connectivity index is 1.92. The molecule has 0 atom stereocenters. The summed E-state index contributed by atoms with van der Waals surface area (Å²) >= 11 is 0. The second kappa shape index (κ2) is 8.80. The van der Waals surface area contributed by atoms with E-state index in [1.807, 2.05) is 0 Å². The van der Waals surface area contributed by atoms with Crippen LogP contribution in [0.1, 0.15) is 45.6 Å². The van der Waals surface area contributed by atoms with E-state index in [2.05, 4.69) is 25.5 Å². The molecule has 0 unspecified atom stereocenters. The van der Waals surface area contributed by atoms with Gasteiger partial charge >= 0.3 is 0 Å². The molecular weight excluding hydrogens is 436 g/mol. The number of methoxy groups -OCH3 is 1. The molecule has 1 aliphatic rings. The first-order chi connectivity index (χ1) is 14.4. The molecule has 2 aromatic carbocycles. The highest BCUT2D eigenvalue weighted by Crippen LogP contribution is 2.32. The van der Waals surface area contributed by atoms with Gasteiger partial charge in [0.2, 0.25) is 10.0 Å². The van der Waals surface area contributed by atoms with Gasteiger partial charge < -0.3 is 4.74 Å². The molecule has 170 valence electrons. The highest BCUT2D eigenvalue weighted by molar-refractivity contribution is 7.92. The van der Waals surface area contributed by atoms with Crippen molar-refractivity contribution >= 4 is 25.7 Å². The van der Waals surface area contributed by atoms with Crippen LogP contribution in [0.4, 0.5) is 5.69 Å². The molecular formula is C22H30N2O5S2. The molecule has 0 amide bonds. The van der Waals surface area contributed by atoms with Crippen LogP contribution in [0, 0.1) is 0 Å². The minimum atomic E-state index is -3.88. The third-order valence-corrected chi connectivity index (χ3v) is 8.70. The van der Waals surface area contributed by atoms with Crippen molar-refractivity contribution in [2.24, 2.45) is 0 Å². The van der Waals surface area contributed by atoms with Gasteiger partial charge in [0.1, 0.15) is 10.6 Å². The minimum Gasteiger partial charge on any atom is -0.495 e. The van der Waals surface area contributed by atoms with E-state index in [1.165, 1.54) is 29.6 Å². The Kier molecular flexibility index (Phi) is 6.69. The molecule has 0 spiro atoms. The van der Waals surface area contributed by atoms with Crippen LogP contribution in [0.25, 0.3) is 0 Å². The highest BCUT2D eigenvalue weighted by atomic mass is 32.2. The van der Waals surface area contributed by atoms with Crippen molar-refractivity contribution in [3.8, 4) is 5.75 Å². The molecule has 2 aromatic rings. The summed E-state index contributed by atoms with van der Waals surface area (Å²) in [7, 11) is -6.28. The zero-order chi connectivity index (χ0) is 22.9. The molecule has 0 radical (unpaired) electrons. The summed E-state index contributed by atoms with van der Waals surface area (Å²) in [6.07, 6.45) is 2.61. The Morgan fingerprint density at radius 2 is 1.52 bits per heavy atom. The lowest BCUT2D eigenvalue weighted by molar-refractivity contribution is 0.343. The first kappa shape index (κ1) is 23.6. The number of hydrogen-bond donors (Lipinski definition) is 1. The van der Waals surface area contributed by atoms with Gasteiger partial charge in [0.05, 0.1) is 17.7 Å². The number of nitrogens with one attached hydrogen (secondary N) is 1. The SMILES string of the molecule is COc1ccc(NS(=O)(=O)c2ccc(C(C)(C)C)cc2)cc1S(=O)(=O)N1CCCCC1. The number of nitrogens with zero attached hydrogens (tertiary/aromatic N) is 1. The van der Waals surface area contributed by atoms with E-state index in [9.17, 15) is 16.8 Å². The van der Waals surface area contributed by atoms with Crippen molar-refractivity contribution in [3.63, 3.8) is 0 Å². The van der Waals surface area contributed by atoms with Crippen LogP contribution in [0.5, 0.6) is 5.75 Å². The van der Waals surface area contributed by atoms with Gasteiger partial charge in [-0.15, -0.1) is 0 Å². The number of rotatable bonds is 6. The van der Waals surface area contributed by atoms with Crippen LogP contribution in [0.2, 0.25) is 0 Å². The van der Waals surface area contributed by atoms with E-state index >= 15 is 0 Å². The third-order valence-electron chi connectivity index (χ3n) is 5.38. The van der Waals surface area contributed by atoms with Gasteiger partial charge in [-0.3, -0.25) is 4.72 Å². The number of anilines is 1. The Labute approximate surface area is 185 Å². The molecule has 0 aromatic heterocycles. The van der Waals surface area contributed by atoms with Gasteiger partial charge in [-0.05, 0) is 54.2 Å². The molecule has 1 saturated heterocycles. The van der Waals surface area contributed by atoms with Crippen LogP contribution in [0.15, 0.2) is 52.3 Å². The Bertz CT molecular complexity index is 1130. The second-order valence-corrected chi connectivity index (χ2v) is 12.3. The van der Waals surface area contributed by atoms with E-state index in [0.29, 0.717) is 13.1 Å². The molecule has 31 heavy (non-hydrogen) atoms. The molecule has 7 nitrogen and oxygen atoms in total. The second-order valence-electron chi connectivity index (χ2n) is 8.71. The predicted octanol–water partition coefficient (Wildman–Crippen LogP) is 3.97. The van der Waals surface area contributed by atoms with Crippen molar-refractivity contribution in [1.29, 1.82) is 0 Å². The fourth-order valence-corrected chi connectivity index (χ4v) is 6.28. The zero-order valence-electron chi connectivity index (χ0n) is 18.4. The fourth-order valence-electron chi connectivity index (χ4n) is 3.53. The average Bonchev–Trinajstić information content (AvgIpc) is 2.73. The number of benzene rings is 2. The summed E-state index contributed by atoms with van der Waals surface area (Å²) in [6, 6.07) is 11.0. The monoisotopic (exact) mass is 466 g/mol. The predicted molar refractivity (Wildman–Crippen MR) is 122 cm³/mol. The standard InChI is InChI=1S/C22H30N2O5S2/c1-22(2,3)17-8-11-19(12-9-17)30(25,26)23-18-10-13-20(29-4)21(16-18)31(27,28)24-14-6-5-7-15-24/h8-13,16,23H,5-7,14-15H2,1-4H3. The van der Waals surface area contributed by atoms with Crippen LogP contribution < -0.4 is 9.46 Å². The van der Waals surface area contributed by atoms with E-state index in [0.717, 1.165) is 24.8 Å². The van der Waals surface area contributed by atoms with Crippen molar-refractivity contribution in [2.45, 2.75) is 55.2 Å². The Morgan fingerprint density at radius 3 is 2.06 bits per heavy atom. The van der Waals surface area contributed by atoms with Crippen molar-refractivity contribution < 1.29 is 21.6 Å². The van der Waals surface area contributed by atoms with Gasteiger partial charge in [0.25, 0.3) is 10.0 Å². The number of ether oxygens (including phenoxy) is 1. The molecule has 1 heterocycles. The first-order valence-corrected chi connectivity index (χ1v) is 13.2. The molecule has 9 heteroatoms. The summed E-state index contributed by atoms with van der Waals surface area (Å²) in [5.41, 5.74) is 1.09. The zero-order valence-corrected chi connectivity index (χ0v) is 20.0. The summed E-state index contributed by atoms with van der Waals surface area (Å²) in [6.45, 7) is 7.05. The summed E-state index contributed by atoms with van der Waals surface area (Å²) < 4.78 is 61.2. The largest absolute Gasteiger partial charge is 0.495 e. The normalized spacial score (nSPS) is 16.1. The highest BCUT2D eigenvalue weighted by Gasteiger charge is 2.29. The summed E-state index contributed by atoms with van der Waals surface area (Å²) in [4.78, 5) is 0.0666. The molecule has 0 saturated carbocycles. The quantitative estimate of drug-likeness (QED) is 0.695. The van der Waals surface area contributed by atoms with Crippen molar-refractivity contribution in [1.82, 2.24) is 4.31 Å². The Morgan fingerprint density at radius 1 is 0.903 bits per heavy atom. The van der Waals surface area contributed by atoms with Gasteiger partial charge in [0.15, 0.2) is 0 Å². The molecule has 1 N–H and O–H groups in total. The van der Waals surface area contributed by atoms with Crippen LogP contribution >= 0.6 is 0 Å². The Hall–Kier alpha value is -2.10. The third kappa shape index (κ3) is 5.22. The number of hydrogen-bond acceptors (Lipinski definition) is 5. The first-order valence-electron chi connectivity index (χ1n) is 10.3. The van der Waals surface area contributed by atoms with Crippen LogP contribution in [-0.4, -0.2) is 41.3 Å². The summed E-state index contributed by atoms with van der Waals surface area (Å²) in [5.74, 6) is 0.183. The minimum absolute atomic E-state index is 0.0415. The van der Waals surface area contributed by atoms with Gasteiger partial charge in [-0.2, -0.15) is 4.31 Å². The van der Waals surface area contributed by atoms with Gasteiger partial charge in [-0.1, -0.05) is 39.3 Å². The number of piperidine rings is 1. The van der Waals surface area contributed by atoms with E-state index in [4.69, 9.17) is 4.74 Å². The molecule has 1 aliphatic heterocycles. The number of sulfonamides is 2. The maximum Gasteiger partial charge on any atom is 0.261 e. The smallest absolute Gasteiger partial charge is 0.261 e. The van der Waals surface area contributed by atoms with E-state index < -0.39 is 20.0 Å². The maximum atomic E-state index is 13.2.